The van der Waals surface area contributed by atoms with Crippen LogP contribution in [0.3, 0.4) is 0 Å². The molecule has 1 aromatic carbocycles. The topological polar surface area (TPSA) is 37.8 Å². The predicted molar refractivity (Wildman–Crippen MR) is 79.5 cm³/mol. The molecule has 1 atom stereocenters. The Morgan fingerprint density at radius 3 is 2.63 bits per heavy atom. The summed E-state index contributed by atoms with van der Waals surface area (Å²) >= 11 is 1.75. The second-order valence-corrected chi connectivity index (χ2v) is 5.42. The third-order valence-corrected chi connectivity index (χ3v) is 4.30. The van der Waals surface area contributed by atoms with Crippen LogP contribution in [0.1, 0.15) is 22.2 Å². The fraction of sp³-hybridized carbons (Fsp3) is 0.200. The molecule has 1 N–H and O–H groups in total. The highest BCUT2D eigenvalue weighted by molar-refractivity contribution is 7.10. The van der Waals surface area contributed by atoms with E-state index >= 15 is 0 Å². The van der Waals surface area contributed by atoms with Gasteiger partial charge in [0.05, 0.1) is 29.0 Å². The molecule has 0 radical (unpaired) electrons. The average Bonchev–Trinajstić information content (AvgIpc) is 2.86. The van der Waals surface area contributed by atoms with Gasteiger partial charge in [-0.2, -0.15) is 0 Å². The maximum absolute atomic E-state index is 4.73. The fourth-order valence-corrected chi connectivity index (χ4v) is 3.25. The summed E-state index contributed by atoms with van der Waals surface area (Å²) in [4.78, 5) is 10.5. The molecule has 0 saturated carbocycles. The number of fused-ring (bicyclic) bond motifs is 1. The zero-order chi connectivity index (χ0) is 13.2. The van der Waals surface area contributed by atoms with Gasteiger partial charge in [-0.25, -0.2) is 4.98 Å². The molecular formula is C15H15N3S. The van der Waals surface area contributed by atoms with E-state index in [4.69, 9.17) is 4.98 Å². The lowest BCUT2D eigenvalue weighted by atomic mass is 10.1. The molecule has 96 valence electrons. The number of nitrogens with zero attached hydrogens (tertiary/aromatic N) is 2. The van der Waals surface area contributed by atoms with Crippen molar-refractivity contribution in [1.82, 2.24) is 15.3 Å². The van der Waals surface area contributed by atoms with E-state index in [1.165, 1.54) is 10.4 Å². The Morgan fingerprint density at radius 1 is 1.16 bits per heavy atom. The molecule has 0 spiro atoms. The number of benzene rings is 1. The van der Waals surface area contributed by atoms with Crippen molar-refractivity contribution < 1.29 is 0 Å². The van der Waals surface area contributed by atoms with E-state index in [0.717, 1.165) is 16.7 Å². The van der Waals surface area contributed by atoms with Crippen LogP contribution >= 0.6 is 11.3 Å². The third-order valence-electron chi connectivity index (χ3n) is 3.22. The minimum atomic E-state index is 0.108. The lowest BCUT2D eigenvalue weighted by Gasteiger charge is -2.15. The minimum absolute atomic E-state index is 0.108. The molecule has 3 nitrogen and oxygen atoms in total. The van der Waals surface area contributed by atoms with Gasteiger partial charge in [-0.05, 0) is 43.1 Å². The molecular weight excluding hydrogens is 254 g/mol. The number of rotatable bonds is 3. The van der Waals surface area contributed by atoms with E-state index in [1.807, 2.05) is 37.5 Å². The van der Waals surface area contributed by atoms with Crippen LogP contribution in [0.5, 0.6) is 0 Å². The molecule has 1 unspecified atom stereocenters. The molecule has 0 aliphatic heterocycles. The fourth-order valence-electron chi connectivity index (χ4n) is 2.20. The maximum Gasteiger partial charge on any atom is 0.0891 e. The van der Waals surface area contributed by atoms with Crippen molar-refractivity contribution >= 4 is 22.4 Å². The van der Waals surface area contributed by atoms with Gasteiger partial charge in [0.1, 0.15) is 0 Å². The molecule has 4 heteroatoms. The van der Waals surface area contributed by atoms with Gasteiger partial charge >= 0.3 is 0 Å². The monoisotopic (exact) mass is 269 g/mol. The number of aromatic nitrogens is 2. The SMILES string of the molecule is CNC(c1cnc2ccccc2n1)c1sccc1C. The Kier molecular flexibility index (Phi) is 3.27. The lowest BCUT2D eigenvalue weighted by molar-refractivity contribution is 0.678. The van der Waals surface area contributed by atoms with Crippen LogP contribution in [0.4, 0.5) is 0 Å². The number of thiophene rings is 1. The van der Waals surface area contributed by atoms with Crippen molar-refractivity contribution in [2.45, 2.75) is 13.0 Å². The first-order valence-electron chi connectivity index (χ1n) is 6.22. The first-order chi connectivity index (χ1) is 9.29. The molecule has 2 heterocycles. The lowest BCUT2D eigenvalue weighted by Crippen LogP contribution is -2.18. The second kappa shape index (κ2) is 5.07. The highest BCUT2D eigenvalue weighted by Crippen LogP contribution is 2.28. The Bertz CT molecular complexity index is 705. The van der Waals surface area contributed by atoms with Crippen LogP contribution in [0, 0.1) is 6.92 Å². The number of hydrogen-bond acceptors (Lipinski definition) is 4. The number of hydrogen-bond donors (Lipinski definition) is 1. The second-order valence-electron chi connectivity index (χ2n) is 4.47. The smallest absolute Gasteiger partial charge is 0.0891 e. The van der Waals surface area contributed by atoms with Crippen molar-refractivity contribution in [2.75, 3.05) is 7.05 Å². The molecule has 0 aliphatic carbocycles. The van der Waals surface area contributed by atoms with E-state index in [2.05, 4.69) is 28.7 Å². The molecule has 0 saturated heterocycles. The van der Waals surface area contributed by atoms with Gasteiger partial charge in [0.15, 0.2) is 0 Å². The van der Waals surface area contributed by atoms with Crippen LogP contribution in [0.15, 0.2) is 41.9 Å². The van der Waals surface area contributed by atoms with Crippen LogP contribution in [-0.4, -0.2) is 17.0 Å². The normalized spacial score (nSPS) is 12.7. The molecule has 0 bridgehead atoms. The first-order valence-corrected chi connectivity index (χ1v) is 7.10. The van der Waals surface area contributed by atoms with Crippen molar-refractivity contribution in [1.29, 1.82) is 0 Å². The van der Waals surface area contributed by atoms with Crippen LogP contribution in [-0.2, 0) is 0 Å². The Morgan fingerprint density at radius 2 is 1.95 bits per heavy atom. The summed E-state index contributed by atoms with van der Waals surface area (Å²) in [6, 6.07) is 10.2. The van der Waals surface area contributed by atoms with Gasteiger partial charge in [-0.15, -0.1) is 11.3 Å². The average molecular weight is 269 g/mol. The number of para-hydroxylation sites is 2. The molecule has 0 amide bonds. The van der Waals surface area contributed by atoms with E-state index in [1.54, 1.807) is 11.3 Å². The van der Waals surface area contributed by atoms with Crippen LogP contribution < -0.4 is 5.32 Å². The molecule has 2 aromatic heterocycles. The molecule has 3 aromatic rings. The standard InChI is InChI=1S/C15H15N3S/c1-10-7-8-19-15(10)14(16-2)13-9-17-11-5-3-4-6-12(11)18-13/h3-9,14,16H,1-2H3. The van der Waals surface area contributed by atoms with Crippen LogP contribution in [0.25, 0.3) is 11.0 Å². The summed E-state index contributed by atoms with van der Waals surface area (Å²) in [7, 11) is 1.96. The van der Waals surface area contributed by atoms with E-state index in [-0.39, 0.29) is 6.04 Å². The number of aryl methyl sites for hydroxylation is 1. The van der Waals surface area contributed by atoms with Gasteiger partial charge in [-0.1, -0.05) is 12.1 Å². The summed E-state index contributed by atoms with van der Waals surface area (Å²) in [6.07, 6.45) is 1.86. The summed E-state index contributed by atoms with van der Waals surface area (Å²) in [5, 5.41) is 5.45. The summed E-state index contributed by atoms with van der Waals surface area (Å²) in [6.45, 7) is 2.13. The van der Waals surface area contributed by atoms with Crippen LogP contribution in [0.2, 0.25) is 0 Å². The van der Waals surface area contributed by atoms with E-state index < -0.39 is 0 Å². The van der Waals surface area contributed by atoms with Crippen molar-refractivity contribution in [3.05, 3.63) is 58.0 Å². The summed E-state index contributed by atoms with van der Waals surface area (Å²) in [5.74, 6) is 0. The summed E-state index contributed by atoms with van der Waals surface area (Å²) in [5.41, 5.74) is 4.13. The Labute approximate surface area is 116 Å². The predicted octanol–water partition coefficient (Wildman–Crippen LogP) is 3.31. The number of nitrogens with one attached hydrogen (secondary N) is 1. The van der Waals surface area contributed by atoms with Gasteiger partial charge < -0.3 is 5.32 Å². The molecule has 0 fully saturated rings. The molecule has 19 heavy (non-hydrogen) atoms. The van der Waals surface area contributed by atoms with E-state index in [9.17, 15) is 0 Å². The summed E-state index contributed by atoms with van der Waals surface area (Å²) < 4.78 is 0. The highest BCUT2D eigenvalue weighted by atomic mass is 32.1. The van der Waals surface area contributed by atoms with Gasteiger partial charge in [0.25, 0.3) is 0 Å². The first kappa shape index (κ1) is 12.3. The largest absolute Gasteiger partial charge is 0.307 e. The van der Waals surface area contributed by atoms with E-state index in [0.29, 0.717) is 0 Å². The van der Waals surface area contributed by atoms with Crippen molar-refractivity contribution in [3.8, 4) is 0 Å². The van der Waals surface area contributed by atoms with Gasteiger partial charge in [0, 0.05) is 4.88 Å². The van der Waals surface area contributed by atoms with Crippen molar-refractivity contribution in [3.63, 3.8) is 0 Å². The van der Waals surface area contributed by atoms with Gasteiger partial charge in [-0.3, -0.25) is 4.98 Å². The minimum Gasteiger partial charge on any atom is -0.307 e. The molecule has 0 aliphatic rings. The van der Waals surface area contributed by atoms with Crippen molar-refractivity contribution in [2.24, 2.45) is 0 Å². The zero-order valence-corrected chi connectivity index (χ0v) is 11.7. The Hall–Kier alpha value is -1.78. The molecule has 3 rings (SSSR count). The zero-order valence-electron chi connectivity index (χ0n) is 10.9. The van der Waals surface area contributed by atoms with Gasteiger partial charge in [0.2, 0.25) is 0 Å². The third kappa shape index (κ3) is 2.25. The highest BCUT2D eigenvalue weighted by Gasteiger charge is 2.17. The quantitative estimate of drug-likeness (QED) is 0.792. The maximum atomic E-state index is 4.73. The Balaban J connectivity index is 2.09.